The molecular weight excluding hydrogens is 374 g/mol. The number of halogens is 3. The Hall–Kier alpha value is -2.94. The van der Waals surface area contributed by atoms with E-state index < -0.39 is 35.1 Å². The van der Waals surface area contributed by atoms with Gasteiger partial charge in [0.15, 0.2) is 11.6 Å². The van der Waals surface area contributed by atoms with Gasteiger partial charge in [-0.2, -0.15) is 0 Å². The first kappa shape index (κ1) is 19.4. The van der Waals surface area contributed by atoms with Crippen molar-refractivity contribution in [3.05, 3.63) is 34.4 Å². The van der Waals surface area contributed by atoms with E-state index in [9.17, 15) is 18.4 Å². The van der Waals surface area contributed by atoms with Crippen molar-refractivity contribution in [2.24, 2.45) is 0 Å². The molecule has 0 atom stereocenters. The van der Waals surface area contributed by atoms with Crippen LogP contribution in [0.15, 0.2) is 12.1 Å². The molecule has 0 radical (unpaired) electrons. The molecule has 1 aromatic heterocycles. The Morgan fingerprint density at radius 3 is 2.50 bits per heavy atom. The van der Waals surface area contributed by atoms with E-state index in [1.54, 1.807) is 0 Å². The van der Waals surface area contributed by atoms with Crippen molar-refractivity contribution >= 4 is 29.4 Å². The van der Waals surface area contributed by atoms with E-state index in [0.717, 1.165) is 12.1 Å². The van der Waals surface area contributed by atoms with Crippen LogP contribution in [0.5, 0.6) is 11.6 Å². The number of pyridine rings is 1. The second-order valence-electron chi connectivity index (χ2n) is 5.12. The number of hydrogen-bond acceptors (Lipinski definition) is 5. The normalized spacial score (nSPS) is 10.4. The molecule has 7 nitrogen and oxygen atoms in total. The van der Waals surface area contributed by atoms with Crippen LogP contribution < -0.4 is 14.8 Å². The number of ether oxygens (including phenoxy) is 2. The van der Waals surface area contributed by atoms with Crippen LogP contribution in [0.1, 0.15) is 12.5 Å². The van der Waals surface area contributed by atoms with Gasteiger partial charge in [-0.3, -0.25) is 4.79 Å². The molecule has 1 aromatic carbocycles. The molecule has 0 aliphatic rings. The van der Waals surface area contributed by atoms with Crippen molar-refractivity contribution in [2.45, 2.75) is 13.8 Å². The van der Waals surface area contributed by atoms with Crippen molar-refractivity contribution in [3.8, 4) is 22.9 Å². The smallest absolute Gasteiger partial charge is 0.493 e. The molecule has 0 saturated heterocycles. The molecule has 0 fully saturated rings. The number of benzene rings is 1. The second-order valence-corrected chi connectivity index (χ2v) is 5.50. The molecule has 0 unspecified atom stereocenters. The number of methoxy groups -OCH3 is 1. The summed E-state index contributed by atoms with van der Waals surface area (Å²) < 4.78 is 38.4. The minimum atomic E-state index is -1.74. The highest BCUT2D eigenvalue weighted by Gasteiger charge is 2.24. The predicted molar refractivity (Wildman–Crippen MR) is 88.8 cm³/mol. The Kier molecular flexibility index (Phi) is 5.61. The van der Waals surface area contributed by atoms with Crippen molar-refractivity contribution < 1.29 is 33.0 Å². The van der Waals surface area contributed by atoms with E-state index in [1.165, 1.54) is 21.0 Å². The van der Waals surface area contributed by atoms with Crippen molar-refractivity contribution in [1.29, 1.82) is 0 Å². The summed E-state index contributed by atoms with van der Waals surface area (Å²) in [7, 11) is 1.21. The Labute approximate surface area is 151 Å². The molecule has 0 aliphatic carbocycles. The third kappa shape index (κ3) is 3.83. The lowest BCUT2D eigenvalue weighted by molar-refractivity contribution is -0.114. The number of nitrogens with one attached hydrogen (secondary N) is 1. The van der Waals surface area contributed by atoms with Crippen LogP contribution in [0, 0.1) is 18.6 Å². The van der Waals surface area contributed by atoms with Gasteiger partial charge < -0.3 is 19.9 Å². The lowest BCUT2D eigenvalue weighted by Gasteiger charge is -2.14. The lowest BCUT2D eigenvalue weighted by Crippen LogP contribution is -2.11. The molecule has 10 heteroatoms. The minimum absolute atomic E-state index is 0.126. The highest BCUT2D eigenvalue weighted by molar-refractivity contribution is 6.35. The molecule has 0 saturated carbocycles. The van der Waals surface area contributed by atoms with E-state index in [-0.39, 0.29) is 27.7 Å². The lowest BCUT2D eigenvalue weighted by atomic mass is 10.1. The largest absolute Gasteiger partial charge is 0.512 e. The summed E-state index contributed by atoms with van der Waals surface area (Å²) in [6, 6.07) is 2.12. The fraction of sp³-hybridized carbons (Fsp3) is 0.188. The van der Waals surface area contributed by atoms with Gasteiger partial charge in [0, 0.05) is 6.92 Å². The van der Waals surface area contributed by atoms with Gasteiger partial charge in [-0.1, -0.05) is 11.6 Å². The number of carboxylic acid groups (broad SMARTS) is 1. The maximum atomic E-state index is 14.7. The summed E-state index contributed by atoms with van der Waals surface area (Å²) in [6.45, 7) is 2.62. The Bertz CT molecular complexity index is 868. The van der Waals surface area contributed by atoms with Crippen molar-refractivity contribution in [3.63, 3.8) is 0 Å². The zero-order valence-corrected chi connectivity index (χ0v) is 14.6. The minimum Gasteiger partial charge on any atom is -0.493 e. The van der Waals surface area contributed by atoms with Gasteiger partial charge in [-0.15, -0.1) is 0 Å². The molecular formula is C16H13ClF2N2O5. The maximum absolute atomic E-state index is 14.7. The molecule has 0 spiro atoms. The third-order valence-electron chi connectivity index (χ3n) is 3.24. The fourth-order valence-electron chi connectivity index (χ4n) is 2.27. The summed E-state index contributed by atoms with van der Waals surface area (Å²) >= 11 is 5.94. The maximum Gasteiger partial charge on any atom is 0.512 e. The Balaban J connectivity index is 2.77. The second kappa shape index (κ2) is 7.52. The molecule has 2 rings (SSSR count). The number of carbonyl (C=O) groups is 2. The number of amides is 1. The first-order valence-electron chi connectivity index (χ1n) is 7.07. The zero-order chi connectivity index (χ0) is 19.6. The molecule has 0 aliphatic heterocycles. The van der Waals surface area contributed by atoms with E-state index in [0.29, 0.717) is 0 Å². The van der Waals surface area contributed by atoms with E-state index >= 15 is 0 Å². The topological polar surface area (TPSA) is 97.8 Å². The van der Waals surface area contributed by atoms with Gasteiger partial charge in [0.05, 0.1) is 24.1 Å². The van der Waals surface area contributed by atoms with Crippen LogP contribution in [-0.4, -0.2) is 29.3 Å². The zero-order valence-electron chi connectivity index (χ0n) is 13.8. The van der Waals surface area contributed by atoms with Crippen molar-refractivity contribution in [1.82, 2.24) is 4.98 Å². The number of anilines is 1. The molecule has 0 bridgehead atoms. The van der Waals surface area contributed by atoms with Gasteiger partial charge in [0.25, 0.3) is 0 Å². The van der Waals surface area contributed by atoms with Crippen LogP contribution in [0.4, 0.5) is 19.3 Å². The standard InChI is InChI=1S/C16H13ClF2N2O5/c1-6-4-8(18)11(13(19)14(6)25-3)9-5-10(20-7(2)22)12(17)15(21-9)26-16(23)24/h4-5H,1-3H3,(H,23,24)(H,20,21,22). The molecule has 138 valence electrons. The molecule has 2 N–H and O–H groups in total. The fourth-order valence-corrected chi connectivity index (χ4v) is 2.45. The Morgan fingerprint density at radius 1 is 1.31 bits per heavy atom. The molecule has 26 heavy (non-hydrogen) atoms. The number of aryl methyl sites for hydroxylation is 1. The first-order valence-corrected chi connectivity index (χ1v) is 7.45. The van der Waals surface area contributed by atoms with E-state index in [2.05, 4.69) is 15.0 Å². The van der Waals surface area contributed by atoms with Crippen LogP contribution in [0.25, 0.3) is 11.3 Å². The quantitative estimate of drug-likeness (QED) is 0.770. The summed E-state index contributed by atoms with van der Waals surface area (Å²) in [6.07, 6.45) is -1.74. The highest BCUT2D eigenvalue weighted by Crippen LogP contribution is 2.39. The van der Waals surface area contributed by atoms with Crippen LogP contribution >= 0.6 is 11.6 Å². The molecule has 2 aromatic rings. The van der Waals surface area contributed by atoms with Gasteiger partial charge >= 0.3 is 6.16 Å². The number of aromatic nitrogens is 1. The van der Waals surface area contributed by atoms with E-state index in [4.69, 9.17) is 21.4 Å². The SMILES string of the molecule is COc1c(C)cc(F)c(-c2cc(NC(C)=O)c(Cl)c(OC(=O)O)n2)c1F. The summed E-state index contributed by atoms with van der Waals surface area (Å²) in [5.74, 6) is -3.41. The molecule has 1 amide bonds. The summed E-state index contributed by atoms with van der Waals surface area (Å²) in [5.41, 5.74) is -0.850. The van der Waals surface area contributed by atoms with Gasteiger partial charge in [-0.05, 0) is 24.6 Å². The molecule has 1 heterocycles. The van der Waals surface area contributed by atoms with Crippen LogP contribution in [0.2, 0.25) is 5.02 Å². The number of hydrogen-bond donors (Lipinski definition) is 2. The third-order valence-corrected chi connectivity index (χ3v) is 3.61. The average Bonchev–Trinajstić information content (AvgIpc) is 2.50. The number of rotatable bonds is 4. The van der Waals surface area contributed by atoms with Crippen LogP contribution in [0.3, 0.4) is 0 Å². The van der Waals surface area contributed by atoms with Crippen LogP contribution in [-0.2, 0) is 4.79 Å². The Morgan fingerprint density at radius 2 is 1.96 bits per heavy atom. The number of carbonyl (C=O) groups excluding carboxylic acids is 1. The summed E-state index contributed by atoms with van der Waals surface area (Å²) in [5, 5.41) is 10.8. The predicted octanol–water partition coefficient (Wildman–Crippen LogP) is 4.01. The van der Waals surface area contributed by atoms with Gasteiger partial charge in [-0.25, -0.2) is 18.6 Å². The monoisotopic (exact) mass is 386 g/mol. The number of nitrogens with zero attached hydrogens (tertiary/aromatic N) is 1. The van der Waals surface area contributed by atoms with Crippen molar-refractivity contribution in [2.75, 3.05) is 12.4 Å². The first-order chi connectivity index (χ1) is 12.1. The summed E-state index contributed by atoms with van der Waals surface area (Å²) in [4.78, 5) is 25.9. The highest BCUT2D eigenvalue weighted by atomic mass is 35.5. The van der Waals surface area contributed by atoms with Gasteiger partial charge in [0.2, 0.25) is 11.8 Å². The average molecular weight is 387 g/mol. The van der Waals surface area contributed by atoms with E-state index in [1.807, 2.05) is 0 Å². The van der Waals surface area contributed by atoms with Gasteiger partial charge in [0.1, 0.15) is 10.8 Å².